The summed E-state index contributed by atoms with van der Waals surface area (Å²) < 4.78 is 19.8. The minimum absolute atomic E-state index is 0.0725. The normalized spacial score (nSPS) is 15.6. The molecule has 0 spiro atoms. The van der Waals surface area contributed by atoms with E-state index in [1.807, 2.05) is 0 Å². The summed E-state index contributed by atoms with van der Waals surface area (Å²) in [6.45, 7) is 1.72. The SMILES string of the molecule is COC(=O)[C@@H](C)[C@H](c1ccc(CCC(=O)c2ccc(O)cc2)c(O)c1F)C1CC1. The summed E-state index contributed by atoms with van der Waals surface area (Å²) in [6.07, 6.45) is 2.11. The maximum Gasteiger partial charge on any atom is 0.309 e. The molecule has 1 saturated carbocycles. The number of methoxy groups -OCH3 is 1. The van der Waals surface area contributed by atoms with Gasteiger partial charge in [-0.1, -0.05) is 19.1 Å². The van der Waals surface area contributed by atoms with E-state index in [4.69, 9.17) is 4.74 Å². The van der Waals surface area contributed by atoms with Crippen LogP contribution in [0.15, 0.2) is 36.4 Å². The van der Waals surface area contributed by atoms with Gasteiger partial charge in [0.15, 0.2) is 17.3 Å². The highest BCUT2D eigenvalue weighted by atomic mass is 19.1. The molecule has 2 aromatic carbocycles. The van der Waals surface area contributed by atoms with Gasteiger partial charge in [-0.3, -0.25) is 9.59 Å². The Kier molecular flexibility index (Phi) is 6.20. The molecule has 0 saturated heterocycles. The first-order valence-corrected chi connectivity index (χ1v) is 9.73. The van der Waals surface area contributed by atoms with Crippen molar-refractivity contribution in [2.24, 2.45) is 11.8 Å². The first-order chi connectivity index (χ1) is 13.8. The van der Waals surface area contributed by atoms with Crippen LogP contribution in [0.3, 0.4) is 0 Å². The molecule has 0 unspecified atom stereocenters. The average molecular weight is 400 g/mol. The third-order valence-electron chi connectivity index (χ3n) is 5.64. The zero-order chi connectivity index (χ0) is 21.1. The van der Waals surface area contributed by atoms with Crippen molar-refractivity contribution >= 4 is 11.8 Å². The average Bonchev–Trinajstić information content (AvgIpc) is 3.55. The van der Waals surface area contributed by atoms with E-state index in [-0.39, 0.29) is 36.2 Å². The Hall–Kier alpha value is -2.89. The summed E-state index contributed by atoms with van der Waals surface area (Å²) in [7, 11) is 1.31. The molecule has 154 valence electrons. The smallest absolute Gasteiger partial charge is 0.309 e. The van der Waals surface area contributed by atoms with Crippen molar-refractivity contribution in [3.8, 4) is 11.5 Å². The number of aryl methyl sites for hydroxylation is 1. The zero-order valence-corrected chi connectivity index (χ0v) is 16.5. The fourth-order valence-electron chi connectivity index (χ4n) is 3.84. The van der Waals surface area contributed by atoms with Crippen molar-refractivity contribution < 1.29 is 28.9 Å². The summed E-state index contributed by atoms with van der Waals surface area (Å²) in [6, 6.07) is 9.14. The van der Waals surface area contributed by atoms with Crippen LogP contribution >= 0.6 is 0 Å². The lowest BCUT2D eigenvalue weighted by atomic mass is 9.82. The largest absolute Gasteiger partial charge is 0.508 e. The number of rotatable bonds is 8. The number of Topliss-reactive ketones (excluding diaryl/α,β-unsaturated/α-hetero) is 1. The van der Waals surface area contributed by atoms with E-state index in [9.17, 15) is 19.8 Å². The number of phenols is 2. The van der Waals surface area contributed by atoms with Gasteiger partial charge in [-0.15, -0.1) is 0 Å². The van der Waals surface area contributed by atoms with Gasteiger partial charge in [0, 0.05) is 17.9 Å². The van der Waals surface area contributed by atoms with E-state index in [1.165, 1.54) is 31.4 Å². The standard InChI is InChI=1S/C23H25FO5/c1-13(23(28)29-2)20(15-3-4-15)18-11-7-16(22(27)21(18)24)8-12-19(26)14-5-9-17(25)10-6-14/h5-7,9-11,13,15,20,25,27H,3-4,8,12H2,1-2H3/t13-,20-/m0/s1. The maximum absolute atomic E-state index is 15.0. The fraction of sp³-hybridized carbons (Fsp3) is 0.391. The van der Waals surface area contributed by atoms with Crippen molar-refractivity contribution in [1.29, 1.82) is 0 Å². The van der Waals surface area contributed by atoms with Crippen LogP contribution < -0.4 is 0 Å². The summed E-state index contributed by atoms with van der Waals surface area (Å²) in [4.78, 5) is 24.3. The number of hydrogen-bond acceptors (Lipinski definition) is 5. The molecule has 0 aliphatic heterocycles. The second-order valence-corrected chi connectivity index (χ2v) is 7.62. The molecule has 1 aliphatic rings. The molecule has 29 heavy (non-hydrogen) atoms. The van der Waals surface area contributed by atoms with Crippen LogP contribution in [-0.2, 0) is 16.0 Å². The van der Waals surface area contributed by atoms with Gasteiger partial charge in [-0.05, 0) is 60.6 Å². The number of ether oxygens (including phenoxy) is 1. The highest BCUT2D eigenvalue weighted by Crippen LogP contribution is 2.48. The van der Waals surface area contributed by atoms with E-state index < -0.39 is 23.5 Å². The lowest BCUT2D eigenvalue weighted by Gasteiger charge is -2.23. The van der Waals surface area contributed by atoms with Crippen molar-refractivity contribution in [2.45, 2.75) is 38.5 Å². The van der Waals surface area contributed by atoms with Crippen LogP contribution in [-0.4, -0.2) is 29.1 Å². The molecule has 0 radical (unpaired) electrons. The molecule has 0 amide bonds. The topological polar surface area (TPSA) is 83.8 Å². The number of carbonyl (C=O) groups is 2. The van der Waals surface area contributed by atoms with Gasteiger partial charge in [-0.25, -0.2) is 4.39 Å². The molecule has 6 heteroatoms. The molecular formula is C23H25FO5. The molecule has 1 aliphatic carbocycles. The van der Waals surface area contributed by atoms with Crippen molar-refractivity contribution in [3.05, 3.63) is 58.9 Å². The van der Waals surface area contributed by atoms with Gasteiger partial charge in [0.2, 0.25) is 0 Å². The van der Waals surface area contributed by atoms with Crippen LogP contribution in [0.25, 0.3) is 0 Å². The van der Waals surface area contributed by atoms with Crippen LogP contribution in [0.4, 0.5) is 4.39 Å². The zero-order valence-electron chi connectivity index (χ0n) is 16.5. The van der Waals surface area contributed by atoms with Gasteiger partial charge < -0.3 is 14.9 Å². The number of carbonyl (C=O) groups excluding carboxylic acids is 2. The molecule has 3 rings (SSSR count). The first-order valence-electron chi connectivity index (χ1n) is 9.73. The van der Waals surface area contributed by atoms with E-state index >= 15 is 4.39 Å². The van der Waals surface area contributed by atoms with Crippen LogP contribution in [0.5, 0.6) is 11.5 Å². The third-order valence-corrected chi connectivity index (χ3v) is 5.64. The number of phenolic OH excluding ortho intramolecular Hbond substituents is 2. The second-order valence-electron chi connectivity index (χ2n) is 7.62. The number of benzene rings is 2. The number of halogens is 1. The quantitative estimate of drug-likeness (QED) is 0.508. The summed E-state index contributed by atoms with van der Waals surface area (Å²) >= 11 is 0. The second kappa shape index (κ2) is 8.64. The number of hydrogen-bond donors (Lipinski definition) is 2. The third kappa shape index (κ3) is 4.58. The summed E-state index contributed by atoms with van der Waals surface area (Å²) in [5.74, 6) is -2.35. The Labute approximate surface area is 169 Å². The molecule has 0 heterocycles. The Morgan fingerprint density at radius 2 is 1.79 bits per heavy atom. The number of ketones is 1. The Balaban J connectivity index is 1.77. The molecule has 2 aromatic rings. The Bertz CT molecular complexity index is 902. The van der Waals surface area contributed by atoms with Crippen molar-refractivity contribution in [3.63, 3.8) is 0 Å². The number of esters is 1. The number of aromatic hydroxyl groups is 2. The van der Waals surface area contributed by atoms with E-state index in [1.54, 1.807) is 19.1 Å². The Morgan fingerprint density at radius 1 is 1.14 bits per heavy atom. The highest BCUT2D eigenvalue weighted by molar-refractivity contribution is 5.96. The Morgan fingerprint density at radius 3 is 2.38 bits per heavy atom. The van der Waals surface area contributed by atoms with Crippen LogP contribution in [0, 0.1) is 17.7 Å². The highest BCUT2D eigenvalue weighted by Gasteiger charge is 2.41. The van der Waals surface area contributed by atoms with Crippen LogP contribution in [0.2, 0.25) is 0 Å². The minimum Gasteiger partial charge on any atom is -0.508 e. The molecular weight excluding hydrogens is 375 g/mol. The molecule has 0 aromatic heterocycles. The van der Waals surface area contributed by atoms with Crippen molar-refractivity contribution in [2.75, 3.05) is 7.11 Å². The predicted octanol–water partition coefficient (Wildman–Crippen LogP) is 4.36. The van der Waals surface area contributed by atoms with Gasteiger partial charge in [0.25, 0.3) is 0 Å². The molecule has 0 bridgehead atoms. The van der Waals surface area contributed by atoms with E-state index in [2.05, 4.69) is 0 Å². The molecule has 2 N–H and O–H groups in total. The summed E-state index contributed by atoms with van der Waals surface area (Å²) in [5, 5.41) is 19.7. The molecule has 5 nitrogen and oxygen atoms in total. The van der Waals surface area contributed by atoms with Gasteiger partial charge in [0.05, 0.1) is 13.0 Å². The van der Waals surface area contributed by atoms with E-state index in [0.29, 0.717) is 16.7 Å². The maximum atomic E-state index is 15.0. The lowest BCUT2D eigenvalue weighted by molar-refractivity contribution is -0.145. The first kappa shape index (κ1) is 20.8. The molecule has 1 fully saturated rings. The van der Waals surface area contributed by atoms with Gasteiger partial charge >= 0.3 is 5.97 Å². The fourth-order valence-corrected chi connectivity index (χ4v) is 3.84. The molecule has 2 atom stereocenters. The lowest BCUT2D eigenvalue weighted by Crippen LogP contribution is -2.23. The van der Waals surface area contributed by atoms with E-state index in [0.717, 1.165) is 12.8 Å². The summed E-state index contributed by atoms with van der Waals surface area (Å²) in [5.41, 5.74) is 1.11. The predicted molar refractivity (Wildman–Crippen MR) is 105 cm³/mol. The monoisotopic (exact) mass is 400 g/mol. The van der Waals surface area contributed by atoms with Gasteiger partial charge in [-0.2, -0.15) is 0 Å². The van der Waals surface area contributed by atoms with Gasteiger partial charge in [0.1, 0.15) is 5.75 Å². The minimum atomic E-state index is -0.729. The van der Waals surface area contributed by atoms with Crippen LogP contribution in [0.1, 0.15) is 53.6 Å². The van der Waals surface area contributed by atoms with Crippen molar-refractivity contribution in [1.82, 2.24) is 0 Å².